The van der Waals surface area contributed by atoms with Crippen molar-refractivity contribution in [2.24, 2.45) is 0 Å². The van der Waals surface area contributed by atoms with Gasteiger partial charge in [0.25, 0.3) is 0 Å². The first kappa shape index (κ1) is 23.3. The van der Waals surface area contributed by atoms with Crippen molar-refractivity contribution >= 4 is 29.3 Å². The summed E-state index contributed by atoms with van der Waals surface area (Å²) in [5.74, 6) is 0.416. The maximum Gasteiger partial charge on any atom is 0.244 e. The highest BCUT2D eigenvalue weighted by Gasteiger charge is 2.19. The van der Waals surface area contributed by atoms with Crippen LogP contribution in [-0.4, -0.2) is 46.1 Å². The van der Waals surface area contributed by atoms with Gasteiger partial charge in [-0.1, -0.05) is 42.1 Å². The van der Waals surface area contributed by atoms with Gasteiger partial charge < -0.3 is 15.0 Å². The molecule has 32 heavy (non-hydrogen) atoms. The van der Waals surface area contributed by atoms with Crippen molar-refractivity contribution < 1.29 is 14.3 Å². The van der Waals surface area contributed by atoms with E-state index in [1.165, 1.54) is 11.8 Å². The minimum absolute atomic E-state index is 0.0615. The van der Waals surface area contributed by atoms with Gasteiger partial charge in [0.1, 0.15) is 12.3 Å². The molecule has 1 N–H and O–H groups in total. The van der Waals surface area contributed by atoms with E-state index in [0.717, 1.165) is 17.0 Å². The first-order valence-corrected chi connectivity index (χ1v) is 11.1. The van der Waals surface area contributed by atoms with E-state index in [1.807, 2.05) is 50.2 Å². The van der Waals surface area contributed by atoms with Crippen molar-refractivity contribution in [2.75, 3.05) is 24.7 Å². The summed E-state index contributed by atoms with van der Waals surface area (Å²) in [7, 11) is 1.59. The monoisotopic (exact) mass is 450 g/mol. The maximum absolute atomic E-state index is 13.0. The highest BCUT2D eigenvalue weighted by molar-refractivity contribution is 7.99. The van der Waals surface area contributed by atoms with Crippen molar-refractivity contribution in [1.29, 1.82) is 0 Å². The molecule has 0 spiro atoms. The Labute approximate surface area is 192 Å². The number of hydrogen-bond acceptors (Lipinski definition) is 6. The Hall–Kier alpha value is -3.39. The van der Waals surface area contributed by atoms with E-state index in [9.17, 15) is 9.59 Å². The number of nitrogens with one attached hydrogen (secondary N) is 1. The summed E-state index contributed by atoms with van der Waals surface area (Å²) in [6.07, 6.45) is 0. The molecular formula is C24H26N4O3S. The number of carbonyl (C=O) groups excluding carboxylic acids is 2. The van der Waals surface area contributed by atoms with Crippen molar-refractivity contribution in [3.05, 3.63) is 77.6 Å². The quantitative estimate of drug-likeness (QED) is 0.394. The Balaban J connectivity index is 1.67. The number of carbonyl (C=O) groups is 2. The smallest absolute Gasteiger partial charge is 0.244 e. The lowest BCUT2D eigenvalue weighted by Gasteiger charge is -2.22. The standard InChI is InChI=1S/C24H26N4O3S/c1-17-13-18(2)26-24(25-17)32-16-23(30)28(14-19-7-5-4-6-8-19)15-22(29)27-20-9-11-21(31-3)12-10-20/h4-13H,14-16H2,1-3H3,(H,27,29). The Morgan fingerprint density at radius 1 is 1.00 bits per heavy atom. The summed E-state index contributed by atoms with van der Waals surface area (Å²) in [4.78, 5) is 36.0. The zero-order valence-corrected chi connectivity index (χ0v) is 19.2. The molecule has 3 aromatic rings. The molecule has 2 aromatic carbocycles. The second kappa shape index (κ2) is 11.3. The van der Waals surface area contributed by atoms with Crippen LogP contribution in [0.4, 0.5) is 5.69 Å². The largest absolute Gasteiger partial charge is 0.497 e. The molecule has 0 aliphatic heterocycles. The molecule has 0 atom stereocenters. The number of ether oxygens (including phenoxy) is 1. The Morgan fingerprint density at radius 2 is 1.66 bits per heavy atom. The van der Waals surface area contributed by atoms with Crippen molar-refractivity contribution in [2.45, 2.75) is 25.5 Å². The van der Waals surface area contributed by atoms with Gasteiger partial charge in [-0.2, -0.15) is 0 Å². The summed E-state index contributed by atoms with van der Waals surface area (Å²) in [5, 5.41) is 3.39. The lowest BCUT2D eigenvalue weighted by molar-refractivity contribution is -0.132. The van der Waals surface area contributed by atoms with Crippen LogP contribution in [0.5, 0.6) is 5.75 Å². The average Bonchev–Trinajstić information content (AvgIpc) is 2.77. The molecule has 3 rings (SSSR count). The number of rotatable bonds is 9. The number of aromatic nitrogens is 2. The molecule has 0 aliphatic carbocycles. The van der Waals surface area contributed by atoms with Gasteiger partial charge in [0.15, 0.2) is 5.16 Å². The minimum atomic E-state index is -0.271. The lowest BCUT2D eigenvalue weighted by atomic mass is 10.2. The van der Waals surface area contributed by atoms with Gasteiger partial charge >= 0.3 is 0 Å². The van der Waals surface area contributed by atoms with Crippen molar-refractivity contribution in [3.63, 3.8) is 0 Å². The zero-order valence-electron chi connectivity index (χ0n) is 18.4. The average molecular weight is 451 g/mol. The molecule has 0 aliphatic rings. The van der Waals surface area contributed by atoms with E-state index < -0.39 is 0 Å². The van der Waals surface area contributed by atoms with E-state index in [-0.39, 0.29) is 24.1 Å². The fraction of sp³-hybridized carbons (Fsp3) is 0.250. The Kier molecular flexibility index (Phi) is 8.21. The molecule has 2 amide bonds. The van der Waals surface area contributed by atoms with Crippen LogP contribution >= 0.6 is 11.8 Å². The third-order valence-corrected chi connectivity index (χ3v) is 5.40. The maximum atomic E-state index is 13.0. The van der Waals surface area contributed by atoms with Crippen LogP contribution in [-0.2, 0) is 16.1 Å². The molecule has 1 aromatic heterocycles. The van der Waals surface area contributed by atoms with Gasteiger partial charge in [0.05, 0.1) is 12.9 Å². The van der Waals surface area contributed by atoms with Gasteiger partial charge in [-0.3, -0.25) is 9.59 Å². The first-order valence-electron chi connectivity index (χ1n) is 10.1. The lowest BCUT2D eigenvalue weighted by Crippen LogP contribution is -2.38. The molecular weight excluding hydrogens is 424 g/mol. The van der Waals surface area contributed by atoms with E-state index >= 15 is 0 Å². The number of aryl methyl sites for hydroxylation is 2. The highest BCUT2D eigenvalue weighted by atomic mass is 32.2. The molecule has 0 radical (unpaired) electrons. The summed E-state index contributed by atoms with van der Waals surface area (Å²) < 4.78 is 5.14. The Bertz CT molecular complexity index is 1040. The minimum Gasteiger partial charge on any atom is -0.497 e. The van der Waals surface area contributed by atoms with Crippen LogP contribution in [0.1, 0.15) is 17.0 Å². The molecule has 8 heteroatoms. The fourth-order valence-electron chi connectivity index (χ4n) is 3.06. The summed E-state index contributed by atoms with van der Waals surface area (Å²) >= 11 is 1.27. The third kappa shape index (κ3) is 7.09. The topological polar surface area (TPSA) is 84.4 Å². The summed E-state index contributed by atoms with van der Waals surface area (Å²) in [6.45, 7) is 4.07. The highest BCUT2D eigenvalue weighted by Crippen LogP contribution is 2.17. The number of amides is 2. The van der Waals surface area contributed by atoms with Gasteiger partial charge in [0.2, 0.25) is 11.8 Å². The predicted octanol–water partition coefficient (Wildman–Crippen LogP) is 3.86. The molecule has 7 nitrogen and oxygen atoms in total. The van der Waals surface area contributed by atoms with E-state index in [1.54, 1.807) is 36.3 Å². The SMILES string of the molecule is COc1ccc(NC(=O)CN(Cc2ccccc2)C(=O)CSc2nc(C)cc(C)n2)cc1. The summed E-state index contributed by atoms with van der Waals surface area (Å²) in [6, 6.07) is 18.5. The van der Waals surface area contributed by atoms with E-state index in [0.29, 0.717) is 23.1 Å². The fourth-order valence-corrected chi connectivity index (χ4v) is 3.91. The van der Waals surface area contributed by atoms with Gasteiger partial charge in [-0.05, 0) is 49.7 Å². The number of hydrogen-bond donors (Lipinski definition) is 1. The first-order chi connectivity index (χ1) is 15.4. The normalized spacial score (nSPS) is 10.5. The molecule has 0 unspecified atom stereocenters. The number of thioether (sulfide) groups is 1. The van der Waals surface area contributed by atoms with Crippen LogP contribution in [0.2, 0.25) is 0 Å². The van der Waals surface area contributed by atoms with Crippen LogP contribution < -0.4 is 10.1 Å². The second-order valence-corrected chi connectivity index (χ2v) is 8.18. The summed E-state index contributed by atoms with van der Waals surface area (Å²) in [5.41, 5.74) is 3.30. The number of benzene rings is 2. The van der Waals surface area contributed by atoms with Gasteiger partial charge in [0, 0.05) is 23.6 Å². The van der Waals surface area contributed by atoms with E-state index in [2.05, 4.69) is 15.3 Å². The van der Waals surface area contributed by atoms with Crippen LogP contribution in [0, 0.1) is 13.8 Å². The van der Waals surface area contributed by atoms with Crippen LogP contribution in [0.3, 0.4) is 0 Å². The van der Waals surface area contributed by atoms with E-state index in [4.69, 9.17) is 4.74 Å². The van der Waals surface area contributed by atoms with Crippen molar-refractivity contribution in [1.82, 2.24) is 14.9 Å². The molecule has 0 saturated carbocycles. The van der Waals surface area contributed by atoms with Crippen LogP contribution in [0.25, 0.3) is 0 Å². The van der Waals surface area contributed by atoms with Gasteiger partial charge in [-0.15, -0.1) is 0 Å². The molecule has 1 heterocycles. The third-order valence-electron chi connectivity index (χ3n) is 4.56. The van der Waals surface area contributed by atoms with Crippen molar-refractivity contribution in [3.8, 4) is 5.75 Å². The number of anilines is 1. The van der Waals surface area contributed by atoms with Crippen LogP contribution in [0.15, 0.2) is 65.8 Å². The zero-order chi connectivity index (χ0) is 22.9. The predicted molar refractivity (Wildman–Crippen MR) is 126 cm³/mol. The molecule has 0 saturated heterocycles. The molecule has 166 valence electrons. The van der Waals surface area contributed by atoms with Gasteiger partial charge in [-0.25, -0.2) is 9.97 Å². The number of nitrogens with zero attached hydrogens (tertiary/aromatic N) is 3. The second-order valence-electron chi connectivity index (χ2n) is 7.23. The Morgan fingerprint density at radius 3 is 2.28 bits per heavy atom. The number of methoxy groups -OCH3 is 1. The molecule has 0 bridgehead atoms. The molecule has 0 fully saturated rings.